The average Bonchev–Trinajstić information content (AvgIpc) is 3.01. The van der Waals surface area contributed by atoms with E-state index >= 15 is 0 Å². The van der Waals surface area contributed by atoms with Gasteiger partial charge in [-0.2, -0.15) is 0 Å². The molecule has 0 radical (unpaired) electrons. The lowest BCUT2D eigenvalue weighted by Crippen LogP contribution is -2.41. The predicted molar refractivity (Wildman–Crippen MR) is 104 cm³/mol. The minimum absolute atomic E-state index is 0.0122. The molecule has 3 fully saturated rings. The van der Waals surface area contributed by atoms with Gasteiger partial charge in [-0.25, -0.2) is 0 Å². The molecule has 2 aromatic rings. The number of nitrogens with zero attached hydrogens (tertiary/aromatic N) is 2. The maximum Gasteiger partial charge on any atom is 0.289 e. The minimum atomic E-state index is -0.0171. The highest BCUT2D eigenvalue weighted by Crippen LogP contribution is 2.27. The molecule has 2 bridgehead atoms. The van der Waals surface area contributed by atoms with E-state index in [4.69, 9.17) is 4.42 Å². The number of anilines is 1. The van der Waals surface area contributed by atoms with Gasteiger partial charge in [-0.15, -0.1) is 0 Å². The molecule has 6 nitrogen and oxygen atoms in total. The second kappa shape index (κ2) is 7.56. The Bertz CT molecular complexity index is 819. The maximum absolute atomic E-state index is 13.0. The van der Waals surface area contributed by atoms with Crippen LogP contribution in [0.2, 0.25) is 0 Å². The van der Waals surface area contributed by atoms with Gasteiger partial charge in [0.2, 0.25) is 5.91 Å². The summed E-state index contributed by atoms with van der Waals surface area (Å²) in [6, 6.07) is 11.4. The number of fused-ring (bicyclic) bond motifs is 4. The van der Waals surface area contributed by atoms with Crippen molar-refractivity contribution in [1.29, 1.82) is 0 Å². The summed E-state index contributed by atoms with van der Waals surface area (Å²) in [4.78, 5) is 28.8. The molecule has 3 saturated heterocycles. The molecule has 1 aromatic heterocycles. The second-order valence-electron chi connectivity index (χ2n) is 7.21. The Kier molecular flexibility index (Phi) is 4.99. The van der Waals surface area contributed by atoms with E-state index in [0.29, 0.717) is 24.0 Å². The van der Waals surface area contributed by atoms with Gasteiger partial charge in [0.05, 0.1) is 0 Å². The van der Waals surface area contributed by atoms with Crippen molar-refractivity contribution in [2.24, 2.45) is 0 Å². The number of hydrogen-bond acceptors (Lipinski definition) is 4. The van der Waals surface area contributed by atoms with Crippen LogP contribution in [0.1, 0.15) is 36.7 Å². The zero-order valence-electron chi connectivity index (χ0n) is 15.6. The summed E-state index contributed by atoms with van der Waals surface area (Å²) in [5.41, 5.74) is 1.63. The molecule has 0 unspecified atom stereocenters. The van der Waals surface area contributed by atoms with Crippen molar-refractivity contribution in [2.75, 3.05) is 31.5 Å². The first-order valence-electron chi connectivity index (χ1n) is 9.67. The van der Waals surface area contributed by atoms with E-state index in [1.807, 2.05) is 42.2 Å². The molecule has 27 heavy (non-hydrogen) atoms. The van der Waals surface area contributed by atoms with Gasteiger partial charge in [0.15, 0.2) is 5.76 Å². The van der Waals surface area contributed by atoms with Crippen LogP contribution in [0.25, 0.3) is 11.3 Å². The molecule has 5 rings (SSSR count). The molecule has 3 aliphatic rings. The molecule has 1 N–H and O–H groups in total. The Morgan fingerprint density at radius 3 is 2.48 bits per heavy atom. The first-order chi connectivity index (χ1) is 13.1. The third kappa shape index (κ3) is 3.76. The van der Waals surface area contributed by atoms with E-state index in [0.717, 1.165) is 50.3 Å². The van der Waals surface area contributed by atoms with Gasteiger partial charge in [-0.05, 0) is 49.2 Å². The van der Waals surface area contributed by atoms with Crippen LogP contribution in [-0.4, -0.2) is 53.8 Å². The monoisotopic (exact) mass is 367 g/mol. The van der Waals surface area contributed by atoms with Crippen molar-refractivity contribution >= 4 is 17.5 Å². The number of rotatable bonds is 4. The Morgan fingerprint density at radius 2 is 1.78 bits per heavy atom. The van der Waals surface area contributed by atoms with Gasteiger partial charge in [-0.1, -0.05) is 6.92 Å². The standard InChI is InChI=1S/C21H25N3O3/c1-2-20(25)22-16-5-3-15(4-6-16)18-7-8-19(27-18)21(26)24-14-13-23-11-9-17(24)10-12-23/h3-8,17H,2,9-14H2,1H3,(H,22,25). The molecule has 0 saturated carbocycles. The number of amides is 2. The molecule has 6 heteroatoms. The van der Waals surface area contributed by atoms with E-state index < -0.39 is 0 Å². The summed E-state index contributed by atoms with van der Waals surface area (Å²) < 4.78 is 5.88. The average molecular weight is 367 g/mol. The van der Waals surface area contributed by atoms with Gasteiger partial charge >= 0.3 is 0 Å². The van der Waals surface area contributed by atoms with Crippen LogP contribution in [0.3, 0.4) is 0 Å². The van der Waals surface area contributed by atoms with Gasteiger partial charge in [0.1, 0.15) is 5.76 Å². The van der Waals surface area contributed by atoms with E-state index in [1.54, 1.807) is 6.07 Å². The van der Waals surface area contributed by atoms with Crippen molar-refractivity contribution < 1.29 is 14.0 Å². The zero-order chi connectivity index (χ0) is 18.8. The van der Waals surface area contributed by atoms with Crippen molar-refractivity contribution in [3.05, 3.63) is 42.2 Å². The second-order valence-corrected chi connectivity index (χ2v) is 7.21. The number of benzene rings is 1. The van der Waals surface area contributed by atoms with Crippen molar-refractivity contribution in [3.8, 4) is 11.3 Å². The fourth-order valence-electron chi connectivity index (χ4n) is 3.87. The molecule has 0 atom stereocenters. The molecule has 142 valence electrons. The van der Waals surface area contributed by atoms with Crippen LogP contribution < -0.4 is 5.32 Å². The summed E-state index contributed by atoms with van der Waals surface area (Å²) in [7, 11) is 0. The van der Waals surface area contributed by atoms with E-state index in [2.05, 4.69) is 10.2 Å². The molecule has 4 heterocycles. The van der Waals surface area contributed by atoms with Crippen LogP contribution in [0.15, 0.2) is 40.8 Å². The van der Waals surface area contributed by atoms with Gasteiger partial charge in [-0.3, -0.25) is 9.59 Å². The van der Waals surface area contributed by atoms with E-state index in [-0.39, 0.29) is 11.8 Å². The molecule has 2 amide bonds. The quantitative estimate of drug-likeness (QED) is 0.901. The number of nitrogens with one attached hydrogen (secondary N) is 1. The first kappa shape index (κ1) is 17.8. The molecule has 0 aliphatic carbocycles. The number of furan rings is 1. The minimum Gasteiger partial charge on any atom is -0.451 e. The lowest BCUT2D eigenvalue weighted by molar-refractivity contribution is -0.115. The molecular weight excluding hydrogens is 342 g/mol. The third-order valence-corrected chi connectivity index (χ3v) is 5.51. The number of carbonyl (C=O) groups is 2. The fourth-order valence-corrected chi connectivity index (χ4v) is 3.87. The van der Waals surface area contributed by atoms with Crippen LogP contribution in [-0.2, 0) is 4.79 Å². The SMILES string of the molecule is CCC(=O)Nc1ccc(-c2ccc(C(=O)N3CCN4CCC3CC4)o2)cc1. The van der Waals surface area contributed by atoms with Crippen LogP contribution in [0, 0.1) is 0 Å². The van der Waals surface area contributed by atoms with E-state index in [1.165, 1.54) is 0 Å². The third-order valence-electron chi connectivity index (χ3n) is 5.51. The summed E-state index contributed by atoms with van der Waals surface area (Å²) in [6.45, 7) is 5.70. The largest absolute Gasteiger partial charge is 0.451 e. The van der Waals surface area contributed by atoms with Crippen LogP contribution >= 0.6 is 0 Å². The zero-order valence-corrected chi connectivity index (χ0v) is 15.6. The molecular formula is C21H25N3O3. The Labute approximate surface area is 159 Å². The highest BCUT2D eigenvalue weighted by molar-refractivity contribution is 5.93. The number of carbonyl (C=O) groups excluding carboxylic acids is 2. The van der Waals surface area contributed by atoms with Crippen molar-refractivity contribution in [2.45, 2.75) is 32.2 Å². The smallest absolute Gasteiger partial charge is 0.289 e. The molecule has 3 aliphatic heterocycles. The fraction of sp³-hybridized carbons (Fsp3) is 0.429. The summed E-state index contributed by atoms with van der Waals surface area (Å²) in [5.74, 6) is 1.03. The topological polar surface area (TPSA) is 65.8 Å². The maximum atomic E-state index is 13.0. The highest BCUT2D eigenvalue weighted by atomic mass is 16.4. The summed E-state index contributed by atoms with van der Waals surface area (Å²) in [6.07, 6.45) is 2.54. The Morgan fingerprint density at radius 1 is 1.04 bits per heavy atom. The molecule has 0 spiro atoms. The Hall–Kier alpha value is -2.60. The summed E-state index contributed by atoms with van der Waals surface area (Å²) >= 11 is 0. The van der Waals surface area contributed by atoms with Crippen LogP contribution in [0.4, 0.5) is 5.69 Å². The van der Waals surface area contributed by atoms with Crippen molar-refractivity contribution in [3.63, 3.8) is 0 Å². The van der Waals surface area contributed by atoms with Gasteiger partial charge in [0, 0.05) is 49.9 Å². The van der Waals surface area contributed by atoms with E-state index in [9.17, 15) is 9.59 Å². The van der Waals surface area contributed by atoms with Crippen molar-refractivity contribution in [1.82, 2.24) is 9.80 Å². The normalized spacial score (nSPS) is 21.7. The summed E-state index contributed by atoms with van der Waals surface area (Å²) in [5, 5.41) is 2.82. The highest BCUT2D eigenvalue weighted by Gasteiger charge is 2.33. The lowest BCUT2D eigenvalue weighted by atomic mass is 10.1. The van der Waals surface area contributed by atoms with Crippen LogP contribution in [0.5, 0.6) is 0 Å². The Balaban J connectivity index is 1.48. The number of hydrogen-bond donors (Lipinski definition) is 1. The predicted octanol–water partition coefficient (Wildman–Crippen LogP) is 3.22. The number of piperidine rings is 1. The van der Waals surface area contributed by atoms with Gasteiger partial charge < -0.3 is 19.5 Å². The molecule has 1 aromatic carbocycles. The first-order valence-corrected chi connectivity index (χ1v) is 9.67. The van der Waals surface area contributed by atoms with Gasteiger partial charge in [0.25, 0.3) is 5.91 Å². The lowest BCUT2D eigenvalue weighted by Gasteiger charge is -2.30.